The number of para-hydroxylation sites is 1. The molecule has 1 N–H and O–H groups in total. The van der Waals surface area contributed by atoms with E-state index >= 15 is 0 Å². The van der Waals surface area contributed by atoms with Crippen LogP contribution in [0.15, 0.2) is 59.0 Å². The summed E-state index contributed by atoms with van der Waals surface area (Å²) in [6.07, 6.45) is 4.09. The van der Waals surface area contributed by atoms with Crippen molar-refractivity contribution in [3.05, 3.63) is 65.2 Å². The third-order valence-electron chi connectivity index (χ3n) is 8.44. The van der Waals surface area contributed by atoms with Gasteiger partial charge in [-0.25, -0.2) is 8.42 Å². The third kappa shape index (κ3) is 4.73. The summed E-state index contributed by atoms with van der Waals surface area (Å²) in [7, 11) is 0.0639. The Morgan fingerprint density at radius 2 is 1.60 bits per heavy atom. The molecule has 1 unspecified atom stereocenters. The highest BCUT2D eigenvalue weighted by Crippen LogP contribution is 2.53. The molecule has 1 spiro atoms. The van der Waals surface area contributed by atoms with Crippen LogP contribution in [0.1, 0.15) is 50.2 Å². The molecule has 0 bridgehead atoms. The summed E-state index contributed by atoms with van der Waals surface area (Å²) < 4.78 is 28.1. The molecule has 11 heteroatoms. The normalized spacial score (nSPS) is 22.8. The van der Waals surface area contributed by atoms with E-state index in [1.54, 1.807) is 24.3 Å². The summed E-state index contributed by atoms with van der Waals surface area (Å²) in [6.45, 7) is 3.79. The molecule has 2 aromatic rings. The maximum absolute atomic E-state index is 14.3. The minimum absolute atomic E-state index is 0.0826. The maximum Gasteiger partial charge on any atom is 0.296 e. The Labute approximate surface area is 247 Å². The van der Waals surface area contributed by atoms with Gasteiger partial charge in [-0.05, 0) is 77.2 Å². The van der Waals surface area contributed by atoms with Crippen molar-refractivity contribution in [2.45, 2.75) is 49.5 Å². The largest absolute Gasteiger partial charge is 0.507 e. The molecule has 3 aliphatic rings. The highest BCUT2D eigenvalue weighted by Gasteiger charge is 2.66. The molecule has 0 radical (unpaired) electrons. The molecule has 0 aromatic heterocycles. The van der Waals surface area contributed by atoms with Crippen LogP contribution in [-0.4, -0.2) is 92.0 Å². The monoisotopic (exact) mass is 594 g/mol. The number of hydrogen-bond donors (Lipinski definition) is 1. The van der Waals surface area contributed by atoms with Crippen molar-refractivity contribution in [2.75, 3.05) is 51.7 Å². The smallest absolute Gasteiger partial charge is 0.296 e. The van der Waals surface area contributed by atoms with Crippen LogP contribution in [0, 0.1) is 0 Å². The first-order valence-electron chi connectivity index (χ1n) is 14.5. The number of Topliss-reactive ketones (excluding diaryl/α,β-unsaturated/α-hetero) is 1. The molecule has 0 aliphatic carbocycles. The second kappa shape index (κ2) is 11.6. The molecule has 42 heavy (non-hydrogen) atoms. The van der Waals surface area contributed by atoms with E-state index in [2.05, 4.69) is 0 Å². The number of carbonyl (C=O) groups is 3. The quantitative estimate of drug-likeness (QED) is 0.283. The summed E-state index contributed by atoms with van der Waals surface area (Å²) in [6, 6.07) is 12.7. The number of anilines is 1. The van der Waals surface area contributed by atoms with Gasteiger partial charge in [0.1, 0.15) is 5.76 Å². The average Bonchev–Trinajstić information content (AvgIpc) is 3.18. The van der Waals surface area contributed by atoms with Crippen LogP contribution in [0.3, 0.4) is 0 Å². The van der Waals surface area contributed by atoms with Gasteiger partial charge in [0.15, 0.2) is 5.54 Å². The number of sulfonamides is 1. The first-order valence-corrected chi connectivity index (χ1v) is 16.0. The minimum Gasteiger partial charge on any atom is -0.507 e. The Morgan fingerprint density at radius 3 is 2.21 bits per heavy atom. The van der Waals surface area contributed by atoms with E-state index in [0.29, 0.717) is 43.9 Å². The van der Waals surface area contributed by atoms with Gasteiger partial charge in [0, 0.05) is 37.3 Å². The number of aliphatic hydroxyl groups is 1. The zero-order valence-corrected chi connectivity index (χ0v) is 25.2. The van der Waals surface area contributed by atoms with Crippen molar-refractivity contribution < 1.29 is 27.9 Å². The molecule has 224 valence electrons. The number of carbonyl (C=O) groups excluding carboxylic acids is 3. The van der Waals surface area contributed by atoms with Crippen LogP contribution in [-0.2, 0) is 29.9 Å². The topological polar surface area (TPSA) is 119 Å². The van der Waals surface area contributed by atoms with Gasteiger partial charge in [0.2, 0.25) is 10.0 Å². The molecule has 2 fully saturated rings. The van der Waals surface area contributed by atoms with Crippen LogP contribution in [0.2, 0.25) is 0 Å². The van der Waals surface area contributed by atoms with Crippen molar-refractivity contribution in [2.24, 2.45) is 0 Å². The lowest BCUT2D eigenvalue weighted by Crippen LogP contribution is -2.52. The van der Waals surface area contributed by atoms with E-state index in [-0.39, 0.29) is 22.6 Å². The van der Waals surface area contributed by atoms with Gasteiger partial charge in [-0.3, -0.25) is 14.4 Å². The first-order chi connectivity index (χ1) is 20.1. The molecule has 3 heterocycles. The summed E-state index contributed by atoms with van der Waals surface area (Å²) in [5.41, 5.74) is -0.935. The molecular weight excluding hydrogens is 556 g/mol. The highest BCUT2D eigenvalue weighted by molar-refractivity contribution is 7.89. The first kappa shape index (κ1) is 29.9. The minimum atomic E-state index is -3.73. The number of aliphatic hydroxyl groups excluding tert-OH is 1. The van der Waals surface area contributed by atoms with Crippen LogP contribution < -0.4 is 4.90 Å². The molecule has 2 aromatic carbocycles. The molecule has 0 saturated carbocycles. The molecule has 3 aliphatic heterocycles. The second-order valence-corrected chi connectivity index (χ2v) is 13.2. The van der Waals surface area contributed by atoms with Gasteiger partial charge < -0.3 is 19.8 Å². The number of amides is 2. The Kier molecular flexibility index (Phi) is 8.28. The zero-order chi connectivity index (χ0) is 30.2. The molecule has 1 atom stereocenters. The number of likely N-dealkylation sites (N-methyl/N-ethyl adjacent to an activating group) is 1. The van der Waals surface area contributed by atoms with Crippen molar-refractivity contribution >= 4 is 39.1 Å². The van der Waals surface area contributed by atoms with Crippen LogP contribution in [0.4, 0.5) is 5.69 Å². The summed E-state index contributed by atoms with van der Waals surface area (Å²) >= 11 is 0. The fourth-order valence-electron chi connectivity index (χ4n) is 6.39. The highest BCUT2D eigenvalue weighted by atomic mass is 32.2. The number of nitrogens with zero attached hydrogens (tertiary/aromatic N) is 4. The fraction of sp³-hybridized carbons (Fsp3) is 0.452. The molecule has 2 saturated heterocycles. The zero-order valence-electron chi connectivity index (χ0n) is 24.4. The third-order valence-corrected chi connectivity index (χ3v) is 10.4. The predicted molar refractivity (Wildman–Crippen MR) is 159 cm³/mol. The van der Waals surface area contributed by atoms with Gasteiger partial charge in [0.25, 0.3) is 17.6 Å². The van der Waals surface area contributed by atoms with Crippen LogP contribution in [0.5, 0.6) is 0 Å². The lowest BCUT2D eigenvalue weighted by molar-refractivity contribution is -0.143. The summed E-state index contributed by atoms with van der Waals surface area (Å²) in [5, 5.41) is 11.7. The number of rotatable bonds is 8. The van der Waals surface area contributed by atoms with E-state index in [0.717, 1.165) is 25.7 Å². The number of fused-ring (bicyclic) bond motifs is 2. The Morgan fingerprint density at radius 1 is 0.952 bits per heavy atom. The lowest BCUT2D eigenvalue weighted by atomic mass is 9.82. The molecule has 5 rings (SSSR count). The van der Waals surface area contributed by atoms with E-state index in [1.807, 2.05) is 25.9 Å². The molecular formula is C31H38N4O6S. The van der Waals surface area contributed by atoms with Gasteiger partial charge in [-0.1, -0.05) is 31.0 Å². The second-order valence-electron chi connectivity index (χ2n) is 11.3. The van der Waals surface area contributed by atoms with Gasteiger partial charge in [-0.15, -0.1) is 0 Å². The molecule has 10 nitrogen and oxygen atoms in total. The lowest BCUT2D eigenvalue weighted by Gasteiger charge is -2.34. The number of hydrogen-bond acceptors (Lipinski definition) is 7. The van der Waals surface area contributed by atoms with Gasteiger partial charge in [-0.2, -0.15) is 4.31 Å². The van der Waals surface area contributed by atoms with E-state index < -0.39 is 38.9 Å². The predicted octanol–water partition coefficient (Wildman–Crippen LogP) is 3.15. The Hall–Kier alpha value is -3.54. The number of likely N-dealkylation sites (tertiary alicyclic amines) is 1. The van der Waals surface area contributed by atoms with Crippen molar-refractivity contribution in [3.63, 3.8) is 0 Å². The molecule has 2 amide bonds. The summed E-state index contributed by atoms with van der Waals surface area (Å²) in [4.78, 5) is 46.5. The SMILES string of the molecule is CCN1C(=O)C2(/C(=C(/O)c3ccc(S(=O)(=O)N4CCCCCC4)cc3)C(=O)C(=O)N2CCCN(C)C)c2ccccc21. The van der Waals surface area contributed by atoms with Gasteiger partial charge in [0.05, 0.1) is 16.2 Å². The number of ketones is 1. The summed E-state index contributed by atoms with van der Waals surface area (Å²) in [5.74, 6) is -2.78. The van der Waals surface area contributed by atoms with Crippen molar-refractivity contribution in [1.82, 2.24) is 14.1 Å². The Balaban J connectivity index is 1.63. The maximum atomic E-state index is 14.3. The average molecular weight is 595 g/mol. The Bertz CT molecular complexity index is 1530. The van der Waals surface area contributed by atoms with E-state index in [9.17, 15) is 27.9 Å². The van der Waals surface area contributed by atoms with Crippen molar-refractivity contribution in [3.8, 4) is 0 Å². The van der Waals surface area contributed by atoms with Crippen molar-refractivity contribution in [1.29, 1.82) is 0 Å². The van der Waals surface area contributed by atoms with E-state index in [4.69, 9.17) is 0 Å². The van der Waals surface area contributed by atoms with Gasteiger partial charge >= 0.3 is 0 Å². The fourth-order valence-corrected chi connectivity index (χ4v) is 7.90. The van der Waals surface area contributed by atoms with E-state index in [1.165, 1.54) is 38.4 Å². The van der Waals surface area contributed by atoms with Crippen LogP contribution >= 0.6 is 0 Å². The standard InChI is InChI=1S/C31H38N4O6S/c1-4-34-25-13-8-7-12-24(25)31(30(34)39)26(28(37)29(38)35(31)21-11-18-32(2)3)27(36)22-14-16-23(17-15-22)42(40,41)33-19-9-5-6-10-20-33/h7-8,12-17,36H,4-6,9-11,18-21H2,1-3H3/b27-26+. The number of benzene rings is 2. The van der Waals surface area contributed by atoms with Crippen LogP contribution in [0.25, 0.3) is 5.76 Å².